The Hall–Kier alpha value is -0.490. The molecule has 4 nitrogen and oxygen atoms in total. The summed E-state index contributed by atoms with van der Waals surface area (Å²) in [6.07, 6.45) is -0.646. The first-order chi connectivity index (χ1) is 8.40. The Balaban J connectivity index is 2.30. The van der Waals surface area contributed by atoms with E-state index in [1.807, 2.05) is 12.1 Å². The molecule has 0 saturated heterocycles. The van der Waals surface area contributed by atoms with E-state index in [0.29, 0.717) is 18.1 Å². The number of aliphatic hydroxyl groups is 2. The zero-order valence-corrected chi connectivity index (χ0v) is 12.1. The van der Waals surface area contributed by atoms with Crippen molar-refractivity contribution < 1.29 is 14.6 Å². The predicted octanol–water partition coefficient (Wildman–Crippen LogP) is 1.75. The molecule has 0 aliphatic carbocycles. The molecule has 0 bridgehead atoms. The zero-order chi connectivity index (χ0) is 13.6. The topological polar surface area (TPSA) is 65.6 Å². The molecular formula is C13H23NO3S. The van der Waals surface area contributed by atoms with Crippen LogP contribution in [0.5, 0.6) is 0 Å². The van der Waals surface area contributed by atoms with Crippen molar-refractivity contribution in [2.75, 3.05) is 12.4 Å². The lowest BCUT2D eigenvalue weighted by atomic mass is 10.1. The number of hydrogen-bond donors (Lipinski definition) is 3. The molecule has 18 heavy (non-hydrogen) atoms. The molecule has 0 aliphatic rings. The van der Waals surface area contributed by atoms with Gasteiger partial charge in [0.15, 0.2) is 0 Å². The maximum Gasteiger partial charge on any atom is 0.118 e. The van der Waals surface area contributed by atoms with Crippen LogP contribution in [0.25, 0.3) is 0 Å². The van der Waals surface area contributed by atoms with Crippen molar-refractivity contribution in [3.63, 3.8) is 0 Å². The lowest BCUT2D eigenvalue weighted by molar-refractivity contribution is 0.113. The maximum atomic E-state index is 9.20. The van der Waals surface area contributed by atoms with E-state index in [0.717, 1.165) is 11.5 Å². The van der Waals surface area contributed by atoms with Crippen LogP contribution in [0.15, 0.2) is 16.5 Å². The fourth-order valence-electron chi connectivity index (χ4n) is 1.30. The van der Waals surface area contributed by atoms with E-state index in [2.05, 4.69) is 26.1 Å². The maximum absolute atomic E-state index is 9.20. The van der Waals surface area contributed by atoms with E-state index in [1.165, 1.54) is 0 Å². The third kappa shape index (κ3) is 6.44. The Morgan fingerprint density at radius 1 is 1.33 bits per heavy atom. The number of hydrogen-bond acceptors (Lipinski definition) is 5. The largest absolute Gasteiger partial charge is 0.464 e. The molecule has 0 aliphatic heterocycles. The molecule has 0 aromatic carbocycles. The standard InChI is InChI=1S/C13H23NO3S/c1-13(2,3)14-6-11-4-5-12(17-11)9-18-8-10(16)7-15/h4-5,10,14-16H,6-9H2,1-3H3. The van der Waals surface area contributed by atoms with Crippen LogP contribution >= 0.6 is 11.8 Å². The van der Waals surface area contributed by atoms with Gasteiger partial charge in [0, 0.05) is 11.3 Å². The van der Waals surface area contributed by atoms with Gasteiger partial charge in [0.25, 0.3) is 0 Å². The molecule has 0 saturated carbocycles. The fourth-order valence-corrected chi connectivity index (χ4v) is 2.15. The van der Waals surface area contributed by atoms with Crippen LogP contribution in [0.4, 0.5) is 0 Å². The Morgan fingerprint density at radius 3 is 2.61 bits per heavy atom. The van der Waals surface area contributed by atoms with E-state index in [1.54, 1.807) is 11.8 Å². The number of rotatable bonds is 7. The van der Waals surface area contributed by atoms with Crippen molar-refractivity contribution in [3.8, 4) is 0 Å². The Bertz CT molecular complexity index is 346. The van der Waals surface area contributed by atoms with Crippen LogP contribution in [-0.4, -0.2) is 34.2 Å². The summed E-state index contributed by atoms with van der Waals surface area (Å²) in [6.45, 7) is 6.87. The predicted molar refractivity (Wildman–Crippen MR) is 74.6 cm³/mol. The molecule has 0 radical (unpaired) electrons. The monoisotopic (exact) mass is 273 g/mol. The van der Waals surface area contributed by atoms with Gasteiger partial charge in [-0.05, 0) is 32.9 Å². The second-order valence-electron chi connectivity index (χ2n) is 5.32. The van der Waals surface area contributed by atoms with Gasteiger partial charge < -0.3 is 19.9 Å². The van der Waals surface area contributed by atoms with Gasteiger partial charge in [0.1, 0.15) is 11.5 Å². The summed E-state index contributed by atoms with van der Waals surface area (Å²) in [4.78, 5) is 0. The molecule has 1 rings (SSSR count). The van der Waals surface area contributed by atoms with Crippen LogP contribution in [0.1, 0.15) is 32.3 Å². The van der Waals surface area contributed by atoms with Crippen molar-refractivity contribution in [3.05, 3.63) is 23.7 Å². The number of thioether (sulfide) groups is 1. The van der Waals surface area contributed by atoms with Crippen molar-refractivity contribution in [2.45, 2.75) is 44.7 Å². The van der Waals surface area contributed by atoms with Gasteiger partial charge in [-0.15, -0.1) is 0 Å². The Morgan fingerprint density at radius 2 is 2.00 bits per heavy atom. The first-order valence-electron chi connectivity index (χ1n) is 6.10. The molecule has 3 N–H and O–H groups in total. The van der Waals surface area contributed by atoms with Gasteiger partial charge in [0.2, 0.25) is 0 Å². The molecule has 0 spiro atoms. The average molecular weight is 273 g/mol. The van der Waals surface area contributed by atoms with Gasteiger partial charge in [-0.3, -0.25) is 0 Å². The molecule has 1 aromatic heterocycles. The van der Waals surface area contributed by atoms with Gasteiger partial charge in [-0.2, -0.15) is 11.8 Å². The van der Waals surface area contributed by atoms with E-state index in [-0.39, 0.29) is 12.1 Å². The molecule has 1 atom stereocenters. The third-order valence-corrected chi connectivity index (χ3v) is 3.38. The lowest BCUT2D eigenvalue weighted by Crippen LogP contribution is -2.34. The molecular weight excluding hydrogens is 250 g/mol. The minimum atomic E-state index is -0.646. The molecule has 1 aromatic rings. The second-order valence-corrected chi connectivity index (χ2v) is 6.35. The number of aliphatic hydroxyl groups excluding tert-OH is 2. The first-order valence-corrected chi connectivity index (χ1v) is 7.25. The van der Waals surface area contributed by atoms with Gasteiger partial charge >= 0.3 is 0 Å². The highest BCUT2D eigenvalue weighted by Crippen LogP contribution is 2.16. The Kier molecular flexibility index (Phi) is 6.21. The van der Waals surface area contributed by atoms with Crippen molar-refractivity contribution in [2.24, 2.45) is 0 Å². The second kappa shape index (κ2) is 7.19. The summed E-state index contributed by atoms with van der Waals surface area (Å²) in [5, 5.41) is 21.3. The van der Waals surface area contributed by atoms with Crippen molar-refractivity contribution in [1.29, 1.82) is 0 Å². The normalized spacial score (nSPS) is 13.8. The van der Waals surface area contributed by atoms with E-state index in [9.17, 15) is 5.11 Å². The van der Waals surface area contributed by atoms with E-state index >= 15 is 0 Å². The minimum Gasteiger partial charge on any atom is -0.464 e. The first kappa shape index (κ1) is 15.6. The van der Waals surface area contributed by atoms with Crippen molar-refractivity contribution >= 4 is 11.8 Å². The molecule has 104 valence electrons. The Labute approximate surface area is 113 Å². The molecule has 1 unspecified atom stereocenters. The summed E-state index contributed by atoms with van der Waals surface area (Å²) in [6, 6.07) is 3.93. The van der Waals surface area contributed by atoms with Gasteiger partial charge in [0.05, 0.1) is 25.0 Å². The number of furan rings is 1. The zero-order valence-electron chi connectivity index (χ0n) is 11.3. The quantitative estimate of drug-likeness (QED) is 0.706. The van der Waals surface area contributed by atoms with Crippen LogP contribution < -0.4 is 5.32 Å². The van der Waals surface area contributed by atoms with Gasteiger partial charge in [-0.1, -0.05) is 0 Å². The van der Waals surface area contributed by atoms with Crippen LogP contribution in [0, 0.1) is 0 Å². The molecule has 1 heterocycles. The highest BCUT2D eigenvalue weighted by atomic mass is 32.2. The smallest absolute Gasteiger partial charge is 0.118 e. The minimum absolute atomic E-state index is 0.0763. The summed E-state index contributed by atoms with van der Waals surface area (Å²) in [5.41, 5.74) is 0.0763. The highest BCUT2D eigenvalue weighted by molar-refractivity contribution is 7.98. The fraction of sp³-hybridized carbons (Fsp3) is 0.692. The van der Waals surface area contributed by atoms with E-state index in [4.69, 9.17) is 9.52 Å². The summed E-state index contributed by atoms with van der Waals surface area (Å²) >= 11 is 1.55. The SMILES string of the molecule is CC(C)(C)NCc1ccc(CSCC(O)CO)o1. The highest BCUT2D eigenvalue weighted by Gasteiger charge is 2.10. The lowest BCUT2D eigenvalue weighted by Gasteiger charge is -2.19. The average Bonchev–Trinajstić information content (AvgIpc) is 2.73. The molecule has 0 amide bonds. The van der Waals surface area contributed by atoms with Crippen molar-refractivity contribution in [1.82, 2.24) is 5.32 Å². The van der Waals surface area contributed by atoms with Crippen LogP contribution in [0.3, 0.4) is 0 Å². The van der Waals surface area contributed by atoms with E-state index < -0.39 is 6.10 Å². The van der Waals surface area contributed by atoms with Crippen LogP contribution in [-0.2, 0) is 12.3 Å². The molecule has 5 heteroatoms. The van der Waals surface area contributed by atoms with Gasteiger partial charge in [-0.25, -0.2) is 0 Å². The summed E-state index contributed by atoms with van der Waals surface area (Å²) < 4.78 is 5.67. The summed E-state index contributed by atoms with van der Waals surface area (Å²) in [5.74, 6) is 3.05. The third-order valence-electron chi connectivity index (χ3n) is 2.28. The molecule has 0 fully saturated rings. The van der Waals surface area contributed by atoms with Crippen LogP contribution in [0.2, 0.25) is 0 Å². The number of nitrogens with one attached hydrogen (secondary N) is 1. The summed E-state index contributed by atoms with van der Waals surface area (Å²) in [7, 11) is 0.